The highest BCUT2D eigenvalue weighted by Gasteiger charge is 2.39. The third-order valence-electron chi connectivity index (χ3n) is 8.68. The number of urea groups is 1. The smallest absolute Gasteiger partial charge is 0.315 e. The van der Waals surface area contributed by atoms with Crippen LogP contribution in [0.25, 0.3) is 5.69 Å². The van der Waals surface area contributed by atoms with Crippen molar-refractivity contribution in [2.45, 2.75) is 83.7 Å². The van der Waals surface area contributed by atoms with Gasteiger partial charge in [-0.15, -0.1) is 0 Å². The molecule has 3 aliphatic rings. The van der Waals surface area contributed by atoms with E-state index in [1.54, 1.807) is 0 Å². The van der Waals surface area contributed by atoms with Gasteiger partial charge in [0.25, 0.3) is 5.91 Å². The van der Waals surface area contributed by atoms with Crippen molar-refractivity contribution in [1.82, 2.24) is 20.1 Å². The van der Waals surface area contributed by atoms with Crippen molar-refractivity contribution in [3.05, 3.63) is 46.3 Å². The number of likely N-dealkylation sites (N-methyl/N-ethyl adjacent to an activating group) is 1. The predicted octanol–water partition coefficient (Wildman–Crippen LogP) is 3.80. The Morgan fingerprint density at radius 3 is 2.48 bits per heavy atom. The molecule has 2 aromatic rings. The molecule has 5 N–H and O–H groups in total. The Bertz CT molecular complexity index is 1300. The largest absolute Gasteiger partial charge is 0.382 e. The third-order valence-corrected chi connectivity index (χ3v) is 8.68. The minimum Gasteiger partial charge on any atom is -0.382 e. The summed E-state index contributed by atoms with van der Waals surface area (Å²) in [5.41, 5.74) is 12.4. The molecule has 3 aliphatic carbocycles. The lowest BCUT2D eigenvalue weighted by Crippen LogP contribution is -2.46. The van der Waals surface area contributed by atoms with Crippen LogP contribution in [0.1, 0.15) is 90.0 Å². The second-order valence-electron chi connectivity index (χ2n) is 12.9. The molecule has 3 amide bonds. The lowest BCUT2D eigenvalue weighted by molar-refractivity contribution is 0.0909. The van der Waals surface area contributed by atoms with Crippen LogP contribution in [0, 0.1) is 5.41 Å². The highest BCUT2D eigenvalue weighted by molar-refractivity contribution is 6.01. The zero-order chi connectivity index (χ0) is 28.6. The van der Waals surface area contributed by atoms with E-state index in [2.05, 4.69) is 34.4 Å². The number of anilines is 1. The lowest BCUT2D eigenvalue weighted by Gasteiger charge is -2.31. The molecule has 1 aromatic heterocycles. The van der Waals surface area contributed by atoms with E-state index in [9.17, 15) is 14.4 Å². The second-order valence-corrected chi connectivity index (χ2v) is 12.9. The maximum atomic E-state index is 13.2. The molecular formula is C31H44N6O3. The van der Waals surface area contributed by atoms with Crippen LogP contribution in [0.3, 0.4) is 0 Å². The molecule has 0 aliphatic heterocycles. The van der Waals surface area contributed by atoms with Gasteiger partial charge in [0.2, 0.25) is 0 Å². The summed E-state index contributed by atoms with van der Waals surface area (Å²) < 4.78 is 2.29. The number of carbonyl (C=O) groups excluding carboxylic acids is 3. The van der Waals surface area contributed by atoms with Gasteiger partial charge in [0.1, 0.15) is 0 Å². The molecule has 5 rings (SSSR count). The molecule has 40 heavy (non-hydrogen) atoms. The maximum absolute atomic E-state index is 13.2. The summed E-state index contributed by atoms with van der Waals surface area (Å²) in [5, 5.41) is 9.62. The van der Waals surface area contributed by atoms with Gasteiger partial charge < -0.3 is 31.2 Å². The molecule has 0 unspecified atom stereocenters. The Morgan fingerprint density at radius 1 is 1.05 bits per heavy atom. The summed E-state index contributed by atoms with van der Waals surface area (Å²) in [7, 11) is 3.96. The van der Waals surface area contributed by atoms with Crippen LogP contribution in [0.4, 0.5) is 10.5 Å². The standard InChI is InChI=1S/C31H44N6O3/c1-31(2)17-26-28(27(38)18-31)23-6-5-7-25(23)37(26)21-12-13-22(29(32)39)24(16-21)34-19-8-10-20(11-9-19)35-30(40)33-14-15-36(3)4/h12-13,16,19-20,34H,5-11,14-15,17-18H2,1-4H3,(H2,32,39)(H2,33,35,40). The average molecular weight is 549 g/mol. The first-order valence-corrected chi connectivity index (χ1v) is 14.7. The molecular weight excluding hydrogens is 504 g/mol. The lowest BCUT2D eigenvalue weighted by atomic mass is 9.75. The Kier molecular flexibility index (Phi) is 7.95. The monoisotopic (exact) mass is 548 g/mol. The summed E-state index contributed by atoms with van der Waals surface area (Å²) >= 11 is 0. The number of carbonyl (C=O) groups is 3. The van der Waals surface area contributed by atoms with Gasteiger partial charge in [0, 0.05) is 59.9 Å². The molecule has 9 nitrogen and oxygen atoms in total. The number of benzene rings is 1. The predicted molar refractivity (Wildman–Crippen MR) is 157 cm³/mol. The summed E-state index contributed by atoms with van der Waals surface area (Å²) in [6.07, 6.45) is 7.87. The number of fused-ring (bicyclic) bond motifs is 3. The van der Waals surface area contributed by atoms with E-state index in [4.69, 9.17) is 5.73 Å². The highest BCUT2D eigenvalue weighted by Crippen LogP contribution is 2.43. The van der Waals surface area contributed by atoms with Crippen LogP contribution in [0.2, 0.25) is 0 Å². The van der Waals surface area contributed by atoms with Gasteiger partial charge in [-0.1, -0.05) is 13.8 Å². The van der Waals surface area contributed by atoms with Crippen molar-refractivity contribution >= 4 is 23.4 Å². The van der Waals surface area contributed by atoms with Crippen LogP contribution in [0.15, 0.2) is 18.2 Å². The third kappa shape index (κ3) is 5.89. The molecule has 0 saturated heterocycles. The first kappa shape index (κ1) is 28.2. The van der Waals surface area contributed by atoms with Crippen LogP contribution in [0.5, 0.6) is 0 Å². The molecule has 1 aromatic carbocycles. The van der Waals surface area contributed by atoms with E-state index < -0.39 is 5.91 Å². The number of nitrogens with one attached hydrogen (secondary N) is 3. The van der Waals surface area contributed by atoms with Crippen LogP contribution >= 0.6 is 0 Å². The Morgan fingerprint density at radius 2 is 1.77 bits per heavy atom. The van der Waals surface area contributed by atoms with Crippen molar-refractivity contribution < 1.29 is 14.4 Å². The average Bonchev–Trinajstić information content (AvgIpc) is 3.44. The molecule has 0 atom stereocenters. The van der Waals surface area contributed by atoms with E-state index in [1.165, 1.54) is 11.3 Å². The summed E-state index contributed by atoms with van der Waals surface area (Å²) in [5.74, 6) is -0.207. The zero-order valence-corrected chi connectivity index (χ0v) is 24.4. The second kappa shape index (κ2) is 11.3. The van der Waals surface area contributed by atoms with Crippen molar-refractivity contribution in [3.63, 3.8) is 0 Å². The number of hydrogen-bond donors (Lipinski definition) is 4. The number of hydrogen-bond acceptors (Lipinski definition) is 5. The first-order valence-electron chi connectivity index (χ1n) is 14.7. The molecule has 1 saturated carbocycles. The van der Waals surface area contributed by atoms with Crippen LogP contribution < -0.4 is 21.7 Å². The van der Waals surface area contributed by atoms with E-state index in [-0.39, 0.29) is 29.3 Å². The first-order chi connectivity index (χ1) is 19.0. The Labute approximate surface area is 237 Å². The fraction of sp³-hybridized carbons (Fsp3) is 0.581. The minimum absolute atomic E-state index is 0.0852. The number of ketones is 1. The number of primary amides is 1. The van der Waals surface area contributed by atoms with E-state index in [0.717, 1.165) is 80.5 Å². The van der Waals surface area contributed by atoms with E-state index >= 15 is 0 Å². The number of rotatable bonds is 8. The zero-order valence-electron chi connectivity index (χ0n) is 24.4. The van der Waals surface area contributed by atoms with Gasteiger partial charge in [0.15, 0.2) is 5.78 Å². The summed E-state index contributed by atoms with van der Waals surface area (Å²) in [6, 6.07) is 6.00. The van der Waals surface area contributed by atoms with Gasteiger partial charge >= 0.3 is 6.03 Å². The number of Topliss-reactive ketones (excluding diaryl/α,β-unsaturated/α-hetero) is 1. The topological polar surface area (TPSA) is 121 Å². The van der Waals surface area contributed by atoms with Crippen molar-refractivity contribution in [2.75, 3.05) is 32.5 Å². The molecule has 216 valence electrons. The Hall–Kier alpha value is -3.33. The fourth-order valence-electron chi connectivity index (χ4n) is 6.78. The quantitative estimate of drug-likeness (QED) is 0.400. The summed E-state index contributed by atoms with van der Waals surface area (Å²) in [4.78, 5) is 39.9. The molecule has 1 fully saturated rings. The highest BCUT2D eigenvalue weighted by atomic mass is 16.2. The minimum atomic E-state index is -0.463. The van der Waals surface area contributed by atoms with Crippen LogP contribution in [-0.2, 0) is 19.3 Å². The van der Waals surface area contributed by atoms with E-state index in [1.807, 2.05) is 37.2 Å². The Balaban J connectivity index is 1.33. The van der Waals surface area contributed by atoms with Crippen molar-refractivity contribution in [2.24, 2.45) is 11.1 Å². The molecule has 1 heterocycles. The number of nitrogens with two attached hydrogens (primary N) is 1. The van der Waals surface area contributed by atoms with Gasteiger partial charge in [-0.3, -0.25) is 9.59 Å². The molecule has 0 radical (unpaired) electrons. The normalized spacial score (nSPS) is 21.6. The molecule has 9 heteroatoms. The fourth-order valence-corrected chi connectivity index (χ4v) is 6.78. The summed E-state index contributed by atoms with van der Waals surface area (Å²) in [6.45, 7) is 5.74. The van der Waals surface area contributed by atoms with Crippen molar-refractivity contribution in [3.8, 4) is 5.69 Å². The maximum Gasteiger partial charge on any atom is 0.315 e. The van der Waals surface area contributed by atoms with Gasteiger partial charge in [-0.05, 0) is 94.6 Å². The van der Waals surface area contributed by atoms with Gasteiger partial charge in [-0.2, -0.15) is 0 Å². The van der Waals surface area contributed by atoms with E-state index in [0.29, 0.717) is 18.5 Å². The molecule has 0 spiro atoms. The van der Waals surface area contributed by atoms with Gasteiger partial charge in [0.05, 0.1) is 5.56 Å². The van der Waals surface area contributed by atoms with Crippen LogP contribution in [-0.4, -0.2) is 66.5 Å². The molecule has 0 bridgehead atoms. The SMILES string of the molecule is CN(C)CCNC(=O)NC1CCC(Nc2cc(-n3c4c(c5c3CC(C)(C)CC5=O)CCC4)ccc2C(N)=O)CC1. The number of aromatic nitrogens is 1. The number of amides is 3. The van der Waals surface area contributed by atoms with Gasteiger partial charge in [-0.25, -0.2) is 4.79 Å². The number of nitrogens with zero attached hydrogens (tertiary/aromatic N) is 2. The van der Waals surface area contributed by atoms with Crippen molar-refractivity contribution in [1.29, 1.82) is 0 Å².